The molecule has 1 atom stereocenters. The number of methoxy groups -OCH3 is 1. The number of benzene rings is 2. The normalized spacial score (nSPS) is 11.7. The van der Waals surface area contributed by atoms with Gasteiger partial charge in [-0.3, -0.25) is 9.59 Å². The van der Waals surface area contributed by atoms with Crippen molar-refractivity contribution in [3.63, 3.8) is 0 Å². The van der Waals surface area contributed by atoms with Crippen LogP contribution in [0.2, 0.25) is 0 Å². The van der Waals surface area contributed by atoms with E-state index < -0.39 is 0 Å². The number of amides is 1. The number of Topliss-reactive ketones (excluding diaryl/α,β-unsaturated/α-hetero) is 1. The van der Waals surface area contributed by atoms with Gasteiger partial charge < -0.3 is 9.64 Å². The summed E-state index contributed by atoms with van der Waals surface area (Å²) in [6.45, 7) is 3.48. The summed E-state index contributed by atoms with van der Waals surface area (Å²) in [5.74, 6) is 0.494. The molecule has 7 heteroatoms. The molecule has 0 bridgehead atoms. The molecule has 0 saturated carbocycles. The molecular weight excluding hydrogens is 368 g/mol. The van der Waals surface area contributed by atoms with Crippen LogP contribution in [0.1, 0.15) is 41.4 Å². The largest absolute Gasteiger partial charge is 0.496 e. The number of likely N-dealkylation sites (N-methyl/N-ethyl adjacent to an activating group) is 1. The van der Waals surface area contributed by atoms with Gasteiger partial charge in [-0.25, -0.2) is 9.67 Å². The van der Waals surface area contributed by atoms with Crippen molar-refractivity contribution in [1.82, 2.24) is 19.7 Å². The Morgan fingerprint density at radius 1 is 1.17 bits per heavy atom. The van der Waals surface area contributed by atoms with Crippen LogP contribution in [0, 0.1) is 0 Å². The minimum Gasteiger partial charge on any atom is -0.496 e. The number of nitrogens with zero attached hydrogens (tertiary/aromatic N) is 4. The van der Waals surface area contributed by atoms with Gasteiger partial charge in [0.25, 0.3) is 0 Å². The Hall–Kier alpha value is -3.48. The van der Waals surface area contributed by atoms with Gasteiger partial charge in [0.1, 0.15) is 18.4 Å². The van der Waals surface area contributed by atoms with E-state index in [1.165, 1.54) is 13.3 Å². The highest BCUT2D eigenvalue weighted by molar-refractivity contribution is 5.94. The summed E-state index contributed by atoms with van der Waals surface area (Å²) < 4.78 is 7.04. The molecule has 0 aliphatic heterocycles. The van der Waals surface area contributed by atoms with Gasteiger partial charge in [-0.1, -0.05) is 12.1 Å². The summed E-state index contributed by atoms with van der Waals surface area (Å²) in [6.07, 6.45) is 3.27. The van der Waals surface area contributed by atoms with Crippen LogP contribution in [0.3, 0.4) is 0 Å². The summed E-state index contributed by atoms with van der Waals surface area (Å²) in [4.78, 5) is 30.2. The molecule has 1 unspecified atom stereocenters. The van der Waals surface area contributed by atoms with Crippen LogP contribution in [0.5, 0.6) is 5.75 Å². The van der Waals surface area contributed by atoms with Crippen molar-refractivity contribution in [2.45, 2.75) is 26.3 Å². The van der Waals surface area contributed by atoms with Crippen LogP contribution in [0.4, 0.5) is 0 Å². The van der Waals surface area contributed by atoms with Gasteiger partial charge in [-0.2, -0.15) is 5.10 Å². The maximum atomic E-state index is 12.9. The second-order valence-electron chi connectivity index (χ2n) is 6.87. The first-order chi connectivity index (χ1) is 13.9. The topological polar surface area (TPSA) is 77.3 Å². The Morgan fingerprint density at radius 2 is 1.90 bits per heavy atom. The lowest BCUT2D eigenvalue weighted by molar-refractivity contribution is -0.131. The van der Waals surface area contributed by atoms with Crippen LogP contribution in [-0.4, -0.2) is 45.5 Å². The molecule has 1 aromatic heterocycles. The summed E-state index contributed by atoms with van der Waals surface area (Å²) in [5, 5.41) is 4.11. The quantitative estimate of drug-likeness (QED) is 0.577. The van der Waals surface area contributed by atoms with Crippen molar-refractivity contribution in [2.24, 2.45) is 0 Å². The molecular formula is C22H24N4O3. The van der Waals surface area contributed by atoms with Crippen LogP contribution in [-0.2, 0) is 11.2 Å². The summed E-state index contributed by atoms with van der Waals surface area (Å²) in [5.41, 5.74) is 3.17. The number of carbonyl (C=O) groups is 2. The summed E-state index contributed by atoms with van der Waals surface area (Å²) >= 11 is 0. The predicted octanol–water partition coefficient (Wildman–Crippen LogP) is 3.24. The third kappa shape index (κ3) is 4.51. The molecule has 0 N–H and O–H groups in total. The third-order valence-corrected chi connectivity index (χ3v) is 5.06. The van der Waals surface area contributed by atoms with E-state index in [-0.39, 0.29) is 24.2 Å². The Morgan fingerprint density at radius 3 is 2.48 bits per heavy atom. The molecule has 29 heavy (non-hydrogen) atoms. The molecule has 7 nitrogen and oxygen atoms in total. The zero-order valence-electron chi connectivity index (χ0n) is 17.0. The van der Waals surface area contributed by atoms with Gasteiger partial charge in [0.05, 0.1) is 25.3 Å². The van der Waals surface area contributed by atoms with E-state index in [0.717, 1.165) is 11.3 Å². The van der Waals surface area contributed by atoms with Gasteiger partial charge in [0.15, 0.2) is 5.78 Å². The van der Waals surface area contributed by atoms with Crippen molar-refractivity contribution in [1.29, 1.82) is 0 Å². The number of aromatic nitrogens is 3. The van der Waals surface area contributed by atoms with Crippen LogP contribution in [0.15, 0.2) is 55.1 Å². The fraction of sp³-hybridized carbons (Fsp3) is 0.273. The zero-order chi connectivity index (χ0) is 21.0. The summed E-state index contributed by atoms with van der Waals surface area (Å²) in [7, 11) is 3.33. The van der Waals surface area contributed by atoms with E-state index in [2.05, 4.69) is 10.1 Å². The minimum atomic E-state index is -0.116. The first kappa shape index (κ1) is 20.3. The van der Waals surface area contributed by atoms with E-state index in [0.29, 0.717) is 16.9 Å². The Bertz CT molecular complexity index is 997. The number of rotatable bonds is 7. The van der Waals surface area contributed by atoms with Gasteiger partial charge >= 0.3 is 0 Å². The molecule has 1 amide bonds. The molecule has 2 aromatic carbocycles. The molecule has 150 valence electrons. The smallest absolute Gasteiger partial charge is 0.227 e. The average molecular weight is 392 g/mol. The second-order valence-corrected chi connectivity index (χ2v) is 6.87. The zero-order valence-corrected chi connectivity index (χ0v) is 17.0. The molecule has 0 aliphatic rings. The fourth-order valence-corrected chi connectivity index (χ4v) is 3.11. The van der Waals surface area contributed by atoms with E-state index in [1.807, 2.05) is 31.2 Å². The first-order valence-electron chi connectivity index (χ1n) is 9.29. The highest BCUT2D eigenvalue weighted by Gasteiger charge is 2.20. The molecule has 0 radical (unpaired) electrons. The van der Waals surface area contributed by atoms with Crippen LogP contribution < -0.4 is 4.74 Å². The van der Waals surface area contributed by atoms with Gasteiger partial charge in [-0.15, -0.1) is 0 Å². The van der Waals surface area contributed by atoms with Crippen molar-refractivity contribution >= 4 is 11.7 Å². The number of ketones is 1. The molecule has 1 heterocycles. The van der Waals surface area contributed by atoms with E-state index in [9.17, 15) is 9.59 Å². The number of carbonyl (C=O) groups excluding carboxylic acids is 2. The molecule has 3 rings (SSSR count). The van der Waals surface area contributed by atoms with E-state index >= 15 is 0 Å². The molecule has 3 aromatic rings. The number of hydrogen-bond acceptors (Lipinski definition) is 5. The van der Waals surface area contributed by atoms with Gasteiger partial charge in [0, 0.05) is 18.2 Å². The van der Waals surface area contributed by atoms with Crippen molar-refractivity contribution in [3.05, 3.63) is 71.8 Å². The molecule has 0 saturated heterocycles. The first-order valence-corrected chi connectivity index (χ1v) is 9.29. The minimum absolute atomic E-state index is 0.0458. The average Bonchev–Trinajstić information content (AvgIpc) is 3.27. The van der Waals surface area contributed by atoms with Crippen molar-refractivity contribution < 1.29 is 14.3 Å². The maximum absolute atomic E-state index is 12.9. The van der Waals surface area contributed by atoms with Crippen molar-refractivity contribution in [3.8, 4) is 11.4 Å². The fourth-order valence-electron chi connectivity index (χ4n) is 3.11. The summed E-state index contributed by atoms with van der Waals surface area (Å²) in [6, 6.07) is 12.9. The molecule has 0 aliphatic carbocycles. The SMILES string of the molecule is COc1ccc(C(C)=O)cc1CC(=O)N(C)C(C)c1ccc(-n2cncn2)cc1. The maximum Gasteiger partial charge on any atom is 0.227 e. The van der Waals surface area contributed by atoms with Crippen molar-refractivity contribution in [2.75, 3.05) is 14.2 Å². The molecule has 0 fully saturated rings. The van der Waals surface area contributed by atoms with E-state index in [4.69, 9.17) is 4.74 Å². The van der Waals surface area contributed by atoms with Crippen LogP contribution in [0.25, 0.3) is 5.69 Å². The van der Waals surface area contributed by atoms with Gasteiger partial charge in [-0.05, 0) is 49.7 Å². The number of ether oxygens (including phenoxy) is 1. The second kappa shape index (κ2) is 8.68. The lowest BCUT2D eigenvalue weighted by Gasteiger charge is -2.26. The molecule has 0 spiro atoms. The predicted molar refractivity (Wildman–Crippen MR) is 109 cm³/mol. The third-order valence-electron chi connectivity index (χ3n) is 5.06. The lowest BCUT2D eigenvalue weighted by Crippen LogP contribution is -2.31. The van der Waals surface area contributed by atoms with Gasteiger partial charge in [0.2, 0.25) is 5.91 Å². The van der Waals surface area contributed by atoms with E-state index in [1.54, 1.807) is 48.3 Å². The monoisotopic (exact) mass is 392 g/mol. The highest BCUT2D eigenvalue weighted by atomic mass is 16.5. The standard InChI is InChI=1S/C22H24N4O3/c1-15(17-5-8-20(9-6-17)26-14-23-13-24-26)25(3)22(28)12-19-11-18(16(2)27)7-10-21(19)29-4/h5-11,13-15H,12H2,1-4H3. The number of hydrogen-bond donors (Lipinski definition) is 0. The van der Waals surface area contributed by atoms with Crippen LogP contribution >= 0.6 is 0 Å². The Labute approximate surface area is 169 Å². The Balaban J connectivity index is 1.74. The lowest BCUT2D eigenvalue weighted by atomic mass is 10.0. The highest BCUT2D eigenvalue weighted by Crippen LogP contribution is 2.24. The Kier molecular flexibility index (Phi) is 6.07.